The Hall–Kier alpha value is -2.66. The normalized spacial score (nSPS) is 15.1. The van der Waals surface area contributed by atoms with Crippen LogP contribution in [0.15, 0.2) is 48.5 Å². The van der Waals surface area contributed by atoms with Crippen LogP contribution in [0.3, 0.4) is 0 Å². The predicted molar refractivity (Wildman–Crippen MR) is 94.8 cm³/mol. The van der Waals surface area contributed by atoms with Gasteiger partial charge in [-0.3, -0.25) is 4.79 Å². The summed E-state index contributed by atoms with van der Waals surface area (Å²) in [6.07, 6.45) is 0. The van der Waals surface area contributed by atoms with Crippen molar-refractivity contribution in [1.29, 1.82) is 0 Å². The zero-order chi connectivity index (χ0) is 17.9. The third-order valence-electron chi connectivity index (χ3n) is 4.21. The van der Waals surface area contributed by atoms with Gasteiger partial charge in [-0.15, -0.1) is 0 Å². The minimum absolute atomic E-state index is 0.0925. The number of carbonyl (C=O) groups excluding carboxylic acids is 2. The van der Waals surface area contributed by atoms with Crippen LogP contribution < -0.4 is 5.32 Å². The van der Waals surface area contributed by atoms with Gasteiger partial charge in [0.25, 0.3) is 5.91 Å². The molecule has 2 aromatic rings. The van der Waals surface area contributed by atoms with Crippen LogP contribution in [-0.2, 0) is 9.47 Å². The van der Waals surface area contributed by atoms with Crippen LogP contribution in [0.5, 0.6) is 0 Å². The SMILES string of the molecule is Cc1ccc(C(=O)OCC2(C)COC2)cc1NC(=O)c1ccccc1. The molecule has 5 heteroatoms. The lowest BCUT2D eigenvalue weighted by molar-refractivity contribution is -0.127. The number of hydrogen-bond acceptors (Lipinski definition) is 4. The van der Waals surface area contributed by atoms with Crippen molar-refractivity contribution in [2.24, 2.45) is 5.41 Å². The standard InChI is InChI=1S/C20H21NO4/c1-14-8-9-16(19(23)25-13-20(2)11-24-12-20)10-17(14)21-18(22)15-6-4-3-5-7-15/h3-10H,11-13H2,1-2H3,(H,21,22). The number of benzene rings is 2. The molecule has 0 atom stereocenters. The summed E-state index contributed by atoms with van der Waals surface area (Å²) in [5, 5.41) is 2.85. The number of carbonyl (C=O) groups is 2. The van der Waals surface area contributed by atoms with E-state index in [0.29, 0.717) is 36.6 Å². The lowest BCUT2D eigenvalue weighted by Gasteiger charge is -2.37. The number of nitrogens with one attached hydrogen (secondary N) is 1. The van der Waals surface area contributed by atoms with Gasteiger partial charge in [0.1, 0.15) is 6.61 Å². The Morgan fingerprint density at radius 1 is 1.12 bits per heavy atom. The van der Waals surface area contributed by atoms with Crippen LogP contribution in [0, 0.1) is 12.3 Å². The number of hydrogen-bond donors (Lipinski definition) is 1. The average Bonchev–Trinajstić information content (AvgIpc) is 2.60. The zero-order valence-corrected chi connectivity index (χ0v) is 14.4. The van der Waals surface area contributed by atoms with Crippen molar-refractivity contribution in [3.05, 3.63) is 65.2 Å². The maximum absolute atomic E-state index is 12.3. The van der Waals surface area contributed by atoms with Gasteiger partial charge in [-0.1, -0.05) is 31.2 Å². The summed E-state index contributed by atoms with van der Waals surface area (Å²) in [5.41, 5.74) is 2.36. The number of aryl methyl sites for hydroxylation is 1. The van der Waals surface area contributed by atoms with Crippen molar-refractivity contribution < 1.29 is 19.1 Å². The fraction of sp³-hybridized carbons (Fsp3) is 0.300. The molecule has 5 nitrogen and oxygen atoms in total. The van der Waals surface area contributed by atoms with Crippen LogP contribution in [0.2, 0.25) is 0 Å². The van der Waals surface area contributed by atoms with Crippen molar-refractivity contribution in [3.8, 4) is 0 Å². The zero-order valence-electron chi connectivity index (χ0n) is 14.4. The second-order valence-corrected chi connectivity index (χ2v) is 6.73. The monoisotopic (exact) mass is 339 g/mol. The van der Waals surface area contributed by atoms with Crippen molar-refractivity contribution in [2.75, 3.05) is 25.1 Å². The molecule has 3 rings (SSSR count). The fourth-order valence-electron chi connectivity index (χ4n) is 2.52. The first-order valence-electron chi connectivity index (χ1n) is 8.19. The lowest BCUT2D eigenvalue weighted by atomic mass is 9.90. The summed E-state index contributed by atoms with van der Waals surface area (Å²) in [7, 11) is 0. The topological polar surface area (TPSA) is 64.6 Å². The van der Waals surface area contributed by atoms with E-state index in [9.17, 15) is 9.59 Å². The molecule has 1 saturated heterocycles. The highest BCUT2D eigenvalue weighted by Crippen LogP contribution is 2.27. The largest absolute Gasteiger partial charge is 0.461 e. The van der Waals surface area contributed by atoms with E-state index in [1.165, 1.54) is 0 Å². The van der Waals surface area contributed by atoms with E-state index in [-0.39, 0.29) is 11.3 Å². The highest BCUT2D eigenvalue weighted by atomic mass is 16.5. The molecule has 0 saturated carbocycles. The molecule has 1 heterocycles. The van der Waals surface area contributed by atoms with Crippen molar-refractivity contribution in [3.63, 3.8) is 0 Å². The van der Waals surface area contributed by atoms with Gasteiger partial charge in [0.15, 0.2) is 0 Å². The van der Waals surface area contributed by atoms with Crippen molar-refractivity contribution in [1.82, 2.24) is 0 Å². The molecule has 0 aliphatic carbocycles. The summed E-state index contributed by atoms with van der Waals surface area (Å²) < 4.78 is 10.5. The molecule has 0 spiro atoms. The summed E-state index contributed by atoms with van der Waals surface area (Å²) in [6, 6.07) is 14.1. The van der Waals surface area contributed by atoms with E-state index in [4.69, 9.17) is 9.47 Å². The van der Waals surface area contributed by atoms with Gasteiger partial charge in [0.2, 0.25) is 0 Å². The molecule has 1 aliphatic heterocycles. The molecule has 1 fully saturated rings. The van der Waals surface area contributed by atoms with Gasteiger partial charge >= 0.3 is 5.97 Å². The van der Waals surface area contributed by atoms with Crippen LogP contribution in [0.4, 0.5) is 5.69 Å². The number of amides is 1. The number of anilines is 1. The minimum Gasteiger partial charge on any atom is -0.461 e. The Morgan fingerprint density at radius 3 is 2.48 bits per heavy atom. The molecule has 1 amide bonds. The molecular weight excluding hydrogens is 318 g/mol. The van der Waals surface area contributed by atoms with E-state index in [2.05, 4.69) is 5.32 Å². The summed E-state index contributed by atoms with van der Waals surface area (Å²) >= 11 is 0. The highest BCUT2D eigenvalue weighted by Gasteiger charge is 2.35. The van der Waals surface area contributed by atoms with Gasteiger partial charge in [-0.25, -0.2) is 4.79 Å². The third-order valence-corrected chi connectivity index (χ3v) is 4.21. The Balaban J connectivity index is 1.69. The molecule has 0 radical (unpaired) electrons. The van der Waals surface area contributed by atoms with Crippen LogP contribution in [0.25, 0.3) is 0 Å². The molecule has 0 aromatic heterocycles. The maximum atomic E-state index is 12.3. The van der Waals surface area contributed by atoms with Crippen LogP contribution >= 0.6 is 0 Å². The van der Waals surface area contributed by atoms with Gasteiger partial charge in [-0.05, 0) is 36.8 Å². The first kappa shape index (κ1) is 17.2. The van der Waals surface area contributed by atoms with E-state index in [1.807, 2.05) is 19.9 Å². The van der Waals surface area contributed by atoms with E-state index >= 15 is 0 Å². The molecule has 1 aliphatic rings. The molecule has 130 valence electrons. The quantitative estimate of drug-likeness (QED) is 0.848. The molecule has 0 unspecified atom stereocenters. The number of ether oxygens (including phenoxy) is 2. The summed E-state index contributed by atoms with van der Waals surface area (Å²) in [5.74, 6) is -0.614. The van der Waals surface area contributed by atoms with Crippen LogP contribution in [0.1, 0.15) is 33.2 Å². The predicted octanol–water partition coefficient (Wildman–Crippen LogP) is 3.44. The second-order valence-electron chi connectivity index (χ2n) is 6.73. The summed E-state index contributed by atoms with van der Waals surface area (Å²) in [4.78, 5) is 24.6. The summed E-state index contributed by atoms with van der Waals surface area (Å²) in [6.45, 7) is 5.43. The fourth-order valence-corrected chi connectivity index (χ4v) is 2.52. The molecule has 0 bridgehead atoms. The van der Waals surface area contributed by atoms with Crippen LogP contribution in [-0.4, -0.2) is 31.7 Å². The first-order chi connectivity index (χ1) is 12.0. The van der Waals surface area contributed by atoms with E-state index in [1.54, 1.807) is 42.5 Å². The van der Waals surface area contributed by atoms with E-state index in [0.717, 1.165) is 5.56 Å². The maximum Gasteiger partial charge on any atom is 0.338 e. The first-order valence-corrected chi connectivity index (χ1v) is 8.19. The minimum atomic E-state index is -0.400. The lowest BCUT2D eigenvalue weighted by Crippen LogP contribution is -2.44. The van der Waals surface area contributed by atoms with Gasteiger partial charge in [0, 0.05) is 16.7 Å². The molecular formula is C20H21NO4. The van der Waals surface area contributed by atoms with Gasteiger partial charge < -0.3 is 14.8 Å². The van der Waals surface area contributed by atoms with E-state index < -0.39 is 5.97 Å². The highest BCUT2D eigenvalue weighted by molar-refractivity contribution is 6.05. The Labute approximate surface area is 147 Å². The Morgan fingerprint density at radius 2 is 1.84 bits per heavy atom. The number of rotatable bonds is 5. The average molecular weight is 339 g/mol. The molecule has 1 N–H and O–H groups in total. The Bertz CT molecular complexity index is 782. The van der Waals surface area contributed by atoms with Crippen molar-refractivity contribution >= 4 is 17.6 Å². The third kappa shape index (κ3) is 4.06. The molecule has 2 aromatic carbocycles. The number of esters is 1. The second kappa shape index (κ2) is 7.07. The van der Waals surface area contributed by atoms with Crippen molar-refractivity contribution in [2.45, 2.75) is 13.8 Å². The smallest absolute Gasteiger partial charge is 0.338 e. The molecule has 25 heavy (non-hydrogen) atoms. The van der Waals surface area contributed by atoms with Gasteiger partial charge in [-0.2, -0.15) is 0 Å². The Kier molecular flexibility index (Phi) is 4.86. The van der Waals surface area contributed by atoms with Gasteiger partial charge in [0.05, 0.1) is 18.8 Å².